The summed E-state index contributed by atoms with van der Waals surface area (Å²) in [7, 11) is 2.97. The normalized spacial score (nSPS) is 18.2. The maximum Gasteiger partial charge on any atom is 0.342 e. The van der Waals surface area contributed by atoms with Gasteiger partial charge in [0.05, 0.1) is 18.7 Å². The number of methoxy groups -OCH3 is 2. The predicted octanol–water partition coefficient (Wildman–Crippen LogP) is 4.66. The van der Waals surface area contributed by atoms with E-state index < -0.39 is 0 Å². The number of ether oxygens (including phenoxy) is 2. The molecule has 0 aromatic heterocycles. The lowest BCUT2D eigenvalue weighted by Crippen LogP contribution is -2.22. The fourth-order valence-electron chi connectivity index (χ4n) is 3.00. The molecule has 0 bridgehead atoms. The van der Waals surface area contributed by atoms with E-state index in [2.05, 4.69) is 27.2 Å². The Morgan fingerprint density at radius 3 is 2.87 bits per heavy atom. The molecule has 1 aliphatic heterocycles. The van der Waals surface area contributed by atoms with Crippen LogP contribution in [0.4, 0.5) is 0 Å². The summed E-state index contributed by atoms with van der Waals surface area (Å²) in [6, 6.07) is 4.55. The van der Waals surface area contributed by atoms with E-state index >= 15 is 0 Å². The number of esters is 1. The van der Waals surface area contributed by atoms with Crippen molar-refractivity contribution in [1.29, 1.82) is 0 Å². The predicted molar refractivity (Wildman–Crippen MR) is 98.0 cm³/mol. The molecule has 1 atom stereocenters. The second kappa shape index (κ2) is 8.94. The van der Waals surface area contributed by atoms with Gasteiger partial charge in [0.15, 0.2) is 0 Å². The summed E-state index contributed by atoms with van der Waals surface area (Å²) in [6.07, 6.45) is 4.97. The minimum absolute atomic E-state index is 0.356. The first-order chi connectivity index (χ1) is 11.1. The molecular formula is C17H24BrNO3S. The summed E-state index contributed by atoms with van der Waals surface area (Å²) in [5.74, 6) is 0.931. The average Bonchev–Trinajstić information content (AvgIpc) is 3.00. The quantitative estimate of drug-likeness (QED) is 0.490. The largest absolute Gasteiger partial charge is 0.495 e. The lowest BCUT2D eigenvalue weighted by molar-refractivity contribution is 0.0596. The van der Waals surface area contributed by atoms with Crippen LogP contribution < -0.4 is 4.74 Å². The molecule has 1 unspecified atom stereocenters. The molecule has 1 saturated heterocycles. The van der Waals surface area contributed by atoms with Gasteiger partial charge >= 0.3 is 5.97 Å². The van der Waals surface area contributed by atoms with Crippen molar-refractivity contribution in [3.05, 3.63) is 27.7 Å². The van der Waals surface area contributed by atoms with Crippen molar-refractivity contribution in [1.82, 2.24) is 4.31 Å². The van der Waals surface area contributed by atoms with Crippen molar-refractivity contribution < 1.29 is 14.3 Å². The van der Waals surface area contributed by atoms with Crippen LogP contribution in [0.2, 0.25) is 0 Å². The summed E-state index contributed by atoms with van der Waals surface area (Å²) in [6.45, 7) is 3.35. The summed E-state index contributed by atoms with van der Waals surface area (Å²) in [5.41, 5.74) is 1.46. The molecule has 0 saturated carbocycles. The van der Waals surface area contributed by atoms with Crippen LogP contribution in [0.1, 0.15) is 48.5 Å². The zero-order chi connectivity index (χ0) is 16.8. The monoisotopic (exact) mass is 401 g/mol. The van der Waals surface area contributed by atoms with Gasteiger partial charge in [0, 0.05) is 18.3 Å². The van der Waals surface area contributed by atoms with E-state index in [9.17, 15) is 4.79 Å². The molecule has 23 heavy (non-hydrogen) atoms. The van der Waals surface area contributed by atoms with E-state index in [1.807, 2.05) is 12.1 Å². The Balaban J connectivity index is 2.17. The highest BCUT2D eigenvalue weighted by atomic mass is 79.9. The minimum atomic E-state index is -0.356. The number of rotatable bonds is 7. The van der Waals surface area contributed by atoms with E-state index in [0.29, 0.717) is 17.4 Å². The van der Waals surface area contributed by atoms with Crippen molar-refractivity contribution in [3.8, 4) is 5.75 Å². The number of hydrogen-bond acceptors (Lipinski definition) is 5. The van der Waals surface area contributed by atoms with Gasteiger partial charge in [-0.1, -0.05) is 31.4 Å². The highest BCUT2D eigenvalue weighted by Crippen LogP contribution is 2.36. The van der Waals surface area contributed by atoms with Crippen molar-refractivity contribution in [2.45, 2.75) is 44.4 Å². The first-order valence-corrected chi connectivity index (χ1v) is 9.69. The molecule has 0 aliphatic carbocycles. The van der Waals surface area contributed by atoms with E-state index in [0.717, 1.165) is 22.3 Å². The highest BCUT2D eigenvalue weighted by Gasteiger charge is 2.26. The molecule has 128 valence electrons. The van der Waals surface area contributed by atoms with Gasteiger partial charge in [-0.15, -0.1) is 0 Å². The van der Waals surface area contributed by atoms with Crippen LogP contribution in [0, 0.1) is 0 Å². The number of nitrogens with zero attached hydrogens (tertiary/aromatic N) is 1. The first kappa shape index (κ1) is 18.6. The van der Waals surface area contributed by atoms with Gasteiger partial charge in [-0.2, -0.15) is 0 Å². The SMILES string of the molecule is CCCC1CCCN1SCc1ccc(Br)c(OC)c1C(=O)OC. The molecule has 6 heteroatoms. The molecule has 4 nitrogen and oxygen atoms in total. The van der Waals surface area contributed by atoms with Crippen molar-refractivity contribution in [3.63, 3.8) is 0 Å². The third-order valence-electron chi connectivity index (χ3n) is 4.12. The Morgan fingerprint density at radius 2 is 2.22 bits per heavy atom. The van der Waals surface area contributed by atoms with Gasteiger partial charge in [0.1, 0.15) is 11.3 Å². The molecule has 2 rings (SSSR count). The van der Waals surface area contributed by atoms with E-state index in [4.69, 9.17) is 9.47 Å². The Labute approximate surface area is 151 Å². The molecule has 1 heterocycles. The second-order valence-electron chi connectivity index (χ2n) is 5.61. The van der Waals surface area contributed by atoms with Crippen LogP contribution in [-0.4, -0.2) is 37.1 Å². The van der Waals surface area contributed by atoms with Gasteiger partial charge in [0.2, 0.25) is 0 Å². The van der Waals surface area contributed by atoms with Gasteiger partial charge in [-0.3, -0.25) is 0 Å². The van der Waals surface area contributed by atoms with Crippen LogP contribution in [0.15, 0.2) is 16.6 Å². The molecule has 0 spiro atoms. The van der Waals surface area contributed by atoms with Gasteiger partial charge in [-0.05, 0) is 46.8 Å². The van der Waals surface area contributed by atoms with Crippen LogP contribution in [-0.2, 0) is 10.5 Å². The second-order valence-corrected chi connectivity index (χ2v) is 7.48. The van der Waals surface area contributed by atoms with Crippen molar-refractivity contribution in [2.75, 3.05) is 20.8 Å². The maximum atomic E-state index is 12.2. The molecular weight excluding hydrogens is 378 g/mol. The Bertz CT molecular complexity index is 553. The highest BCUT2D eigenvalue weighted by molar-refractivity contribution is 9.10. The summed E-state index contributed by atoms with van der Waals surface area (Å²) in [5, 5.41) is 0. The fraction of sp³-hybridized carbons (Fsp3) is 0.588. The smallest absolute Gasteiger partial charge is 0.342 e. The van der Waals surface area contributed by atoms with Crippen LogP contribution in [0.5, 0.6) is 5.75 Å². The zero-order valence-electron chi connectivity index (χ0n) is 13.9. The maximum absolute atomic E-state index is 12.2. The number of halogens is 1. The molecule has 1 aromatic rings. The van der Waals surface area contributed by atoms with Crippen LogP contribution >= 0.6 is 27.9 Å². The molecule has 1 aliphatic rings. The number of hydrogen-bond donors (Lipinski definition) is 0. The minimum Gasteiger partial charge on any atom is -0.495 e. The van der Waals surface area contributed by atoms with Crippen LogP contribution in [0.25, 0.3) is 0 Å². The van der Waals surface area contributed by atoms with E-state index in [-0.39, 0.29) is 5.97 Å². The standard InChI is InChI=1S/C17H24BrNO3S/c1-4-6-13-7-5-10-19(13)23-11-12-8-9-14(18)16(21-2)15(12)17(20)22-3/h8-9,13H,4-7,10-11H2,1-3H3. The first-order valence-electron chi connectivity index (χ1n) is 7.95. The van der Waals surface area contributed by atoms with Gasteiger partial charge in [0.25, 0.3) is 0 Å². The number of carbonyl (C=O) groups is 1. The molecule has 1 fully saturated rings. The summed E-state index contributed by atoms with van der Waals surface area (Å²) in [4.78, 5) is 12.2. The Kier molecular flexibility index (Phi) is 7.24. The molecule has 0 amide bonds. The Hall–Kier alpha value is -0.720. The van der Waals surface area contributed by atoms with Crippen LogP contribution in [0.3, 0.4) is 0 Å². The lowest BCUT2D eigenvalue weighted by Gasteiger charge is -2.23. The van der Waals surface area contributed by atoms with E-state index in [1.54, 1.807) is 19.1 Å². The average molecular weight is 402 g/mol. The fourth-order valence-corrected chi connectivity index (χ4v) is 4.71. The molecule has 0 radical (unpaired) electrons. The molecule has 0 N–H and O–H groups in total. The Morgan fingerprint density at radius 1 is 1.43 bits per heavy atom. The third kappa shape index (κ3) is 4.43. The van der Waals surface area contributed by atoms with Crippen molar-refractivity contribution >= 4 is 33.8 Å². The van der Waals surface area contributed by atoms with E-state index in [1.165, 1.54) is 32.8 Å². The summed E-state index contributed by atoms with van der Waals surface area (Å²) >= 11 is 5.24. The van der Waals surface area contributed by atoms with Gasteiger partial charge in [-0.25, -0.2) is 9.10 Å². The van der Waals surface area contributed by atoms with Gasteiger partial charge < -0.3 is 9.47 Å². The third-order valence-corrected chi connectivity index (χ3v) is 6.00. The number of benzene rings is 1. The number of carbonyl (C=O) groups excluding carboxylic acids is 1. The summed E-state index contributed by atoms with van der Waals surface area (Å²) < 4.78 is 13.6. The molecule has 1 aromatic carbocycles. The zero-order valence-corrected chi connectivity index (χ0v) is 16.3. The lowest BCUT2D eigenvalue weighted by atomic mass is 10.1. The van der Waals surface area contributed by atoms with Crippen molar-refractivity contribution in [2.24, 2.45) is 0 Å². The topological polar surface area (TPSA) is 38.8 Å².